The first-order valence-electron chi connectivity index (χ1n) is 11.3. The van der Waals surface area contributed by atoms with Crippen LogP contribution in [-0.4, -0.2) is 54.1 Å². The quantitative estimate of drug-likeness (QED) is 0.632. The Kier molecular flexibility index (Phi) is 6.25. The zero-order chi connectivity index (χ0) is 21.4. The molecule has 0 aliphatic carbocycles. The minimum Gasteiger partial charge on any atom is -0.378 e. The summed E-state index contributed by atoms with van der Waals surface area (Å²) >= 11 is 13.4. The molecule has 2 unspecified atom stereocenters. The molecule has 3 saturated heterocycles. The number of nitrogens with zero attached hydrogens (tertiary/aromatic N) is 2. The molecule has 31 heavy (non-hydrogen) atoms. The molecule has 2 aromatic rings. The van der Waals surface area contributed by atoms with Crippen molar-refractivity contribution in [3.63, 3.8) is 0 Å². The van der Waals surface area contributed by atoms with E-state index >= 15 is 0 Å². The van der Waals surface area contributed by atoms with E-state index in [4.69, 9.17) is 27.9 Å². The molecule has 1 amide bonds. The maximum Gasteiger partial charge on any atom is 0.225 e. The lowest BCUT2D eigenvalue weighted by atomic mass is 9.85. The summed E-state index contributed by atoms with van der Waals surface area (Å²) in [5, 5.41) is 1.52. The van der Waals surface area contributed by atoms with Crippen LogP contribution in [0.2, 0.25) is 10.0 Å². The number of carbonyl (C=O) groups is 1. The van der Waals surface area contributed by atoms with Gasteiger partial charge in [0.25, 0.3) is 0 Å². The maximum atomic E-state index is 13.2. The number of piperidine rings is 1. The molecule has 0 N–H and O–H groups in total. The minimum atomic E-state index is -0.000612. The van der Waals surface area contributed by atoms with E-state index in [-0.39, 0.29) is 12.0 Å². The summed E-state index contributed by atoms with van der Waals surface area (Å²) in [7, 11) is 0. The first-order chi connectivity index (χ1) is 15.1. The van der Waals surface area contributed by atoms with E-state index in [0.29, 0.717) is 31.2 Å². The van der Waals surface area contributed by atoms with Crippen molar-refractivity contribution < 1.29 is 9.53 Å². The van der Waals surface area contributed by atoms with E-state index in [1.807, 2.05) is 41.3 Å². The van der Waals surface area contributed by atoms with Crippen LogP contribution in [0.25, 0.3) is 0 Å². The molecule has 164 valence electrons. The second kappa shape index (κ2) is 9.11. The number of ether oxygens (including phenoxy) is 1. The number of benzene rings is 2. The Morgan fingerprint density at radius 1 is 0.871 bits per heavy atom. The zero-order valence-corrected chi connectivity index (χ0v) is 19.1. The summed E-state index contributed by atoms with van der Waals surface area (Å²) < 4.78 is 5.43. The summed E-state index contributed by atoms with van der Waals surface area (Å²) in [5.41, 5.74) is 2.18. The fourth-order valence-corrected chi connectivity index (χ4v) is 6.24. The lowest BCUT2D eigenvalue weighted by Crippen LogP contribution is -2.51. The first-order valence-corrected chi connectivity index (χ1v) is 12.0. The highest BCUT2D eigenvalue weighted by Crippen LogP contribution is 2.48. The van der Waals surface area contributed by atoms with Gasteiger partial charge in [-0.1, -0.05) is 59.6 Å². The van der Waals surface area contributed by atoms with Crippen LogP contribution in [0.3, 0.4) is 0 Å². The Morgan fingerprint density at radius 3 is 1.90 bits per heavy atom. The molecule has 0 radical (unpaired) electrons. The van der Waals surface area contributed by atoms with Gasteiger partial charge in [-0.15, -0.1) is 0 Å². The summed E-state index contributed by atoms with van der Waals surface area (Å²) in [6, 6.07) is 16.9. The molecule has 5 rings (SSSR count). The second-order valence-electron chi connectivity index (χ2n) is 8.88. The van der Waals surface area contributed by atoms with E-state index < -0.39 is 0 Å². The number of rotatable bonds is 4. The van der Waals surface area contributed by atoms with Crippen LogP contribution < -0.4 is 0 Å². The highest BCUT2D eigenvalue weighted by atomic mass is 35.5. The fourth-order valence-electron chi connectivity index (χ4n) is 5.76. The normalized spacial score (nSPS) is 26.4. The Labute approximate surface area is 194 Å². The Bertz CT molecular complexity index is 887. The predicted molar refractivity (Wildman–Crippen MR) is 124 cm³/mol. The van der Waals surface area contributed by atoms with Gasteiger partial charge in [-0.2, -0.15) is 0 Å². The smallest absolute Gasteiger partial charge is 0.225 e. The highest BCUT2D eigenvalue weighted by molar-refractivity contribution is 6.32. The van der Waals surface area contributed by atoms with Gasteiger partial charge in [-0.05, 0) is 48.9 Å². The standard InChI is InChI=1S/C25H28Cl2N2O2/c26-22-7-3-1-5-20(22)24(21-6-2-4-8-23(21)27)29-18-9-10-19(29)16-17(15-18)25(30)28-11-13-31-14-12-28/h1-8,17-19,24H,9-16H2. The zero-order valence-electron chi connectivity index (χ0n) is 17.6. The van der Waals surface area contributed by atoms with Crippen LogP contribution in [0.4, 0.5) is 0 Å². The van der Waals surface area contributed by atoms with Crippen molar-refractivity contribution in [3.05, 3.63) is 69.7 Å². The number of fused-ring (bicyclic) bond motifs is 2. The topological polar surface area (TPSA) is 32.8 Å². The van der Waals surface area contributed by atoms with Crippen molar-refractivity contribution in [1.29, 1.82) is 0 Å². The van der Waals surface area contributed by atoms with Gasteiger partial charge in [-0.3, -0.25) is 9.69 Å². The lowest BCUT2D eigenvalue weighted by molar-refractivity contribution is -0.142. The van der Waals surface area contributed by atoms with E-state index in [2.05, 4.69) is 17.0 Å². The van der Waals surface area contributed by atoms with Gasteiger partial charge in [0.2, 0.25) is 5.91 Å². The fraction of sp³-hybridized carbons (Fsp3) is 0.480. The summed E-state index contributed by atoms with van der Waals surface area (Å²) in [6.45, 7) is 2.74. The van der Waals surface area contributed by atoms with Gasteiger partial charge in [0.1, 0.15) is 0 Å². The number of carbonyl (C=O) groups excluding carboxylic acids is 1. The Morgan fingerprint density at radius 2 is 1.39 bits per heavy atom. The second-order valence-corrected chi connectivity index (χ2v) is 9.70. The molecular weight excluding hydrogens is 431 g/mol. The predicted octanol–water partition coefficient (Wildman–Crippen LogP) is 5.18. The molecule has 2 bridgehead atoms. The number of hydrogen-bond acceptors (Lipinski definition) is 3. The molecule has 0 aromatic heterocycles. The third-order valence-corrected chi connectivity index (χ3v) is 7.85. The van der Waals surface area contributed by atoms with E-state index in [1.165, 1.54) is 0 Å². The molecule has 3 heterocycles. The van der Waals surface area contributed by atoms with Gasteiger partial charge in [0.05, 0.1) is 19.3 Å². The van der Waals surface area contributed by atoms with Gasteiger partial charge < -0.3 is 9.64 Å². The molecule has 0 spiro atoms. The molecule has 2 aromatic carbocycles. The number of morpholine rings is 1. The minimum absolute atomic E-state index is 0.000612. The third-order valence-electron chi connectivity index (χ3n) is 7.16. The van der Waals surface area contributed by atoms with Gasteiger partial charge in [0, 0.05) is 41.1 Å². The van der Waals surface area contributed by atoms with Crippen molar-refractivity contribution in [1.82, 2.24) is 9.80 Å². The number of halogens is 2. The van der Waals surface area contributed by atoms with Gasteiger partial charge in [-0.25, -0.2) is 0 Å². The molecule has 6 heteroatoms. The SMILES string of the molecule is O=C(C1CC2CCC(C1)N2C(c1ccccc1Cl)c1ccccc1Cl)N1CCOCC1. The van der Waals surface area contributed by atoms with Crippen LogP contribution in [0, 0.1) is 5.92 Å². The molecular formula is C25H28Cl2N2O2. The van der Waals surface area contributed by atoms with Gasteiger partial charge >= 0.3 is 0 Å². The molecule has 4 nitrogen and oxygen atoms in total. The van der Waals surface area contributed by atoms with Crippen LogP contribution in [0.5, 0.6) is 0 Å². The largest absolute Gasteiger partial charge is 0.378 e. The van der Waals surface area contributed by atoms with Gasteiger partial charge in [0.15, 0.2) is 0 Å². The summed E-state index contributed by atoms with van der Waals surface area (Å²) in [5.74, 6) is 0.414. The monoisotopic (exact) mass is 458 g/mol. The van der Waals surface area contributed by atoms with Crippen LogP contribution in [0.1, 0.15) is 42.9 Å². The molecule has 3 aliphatic rings. The summed E-state index contributed by atoms with van der Waals surface area (Å²) in [6.07, 6.45) is 4.03. The molecule has 0 saturated carbocycles. The summed E-state index contributed by atoms with van der Waals surface area (Å²) in [4.78, 5) is 17.8. The van der Waals surface area contributed by atoms with Crippen LogP contribution >= 0.6 is 23.2 Å². The number of amides is 1. The highest BCUT2D eigenvalue weighted by Gasteiger charge is 2.47. The van der Waals surface area contributed by atoms with Crippen LogP contribution in [-0.2, 0) is 9.53 Å². The van der Waals surface area contributed by atoms with Crippen molar-refractivity contribution in [2.24, 2.45) is 5.92 Å². The van der Waals surface area contributed by atoms with Crippen molar-refractivity contribution >= 4 is 29.1 Å². The molecule has 2 atom stereocenters. The Hall–Kier alpha value is -1.59. The first kappa shape index (κ1) is 21.3. The van der Waals surface area contributed by atoms with Crippen molar-refractivity contribution in [3.8, 4) is 0 Å². The van der Waals surface area contributed by atoms with E-state index in [0.717, 1.165) is 59.9 Å². The van der Waals surface area contributed by atoms with Crippen molar-refractivity contribution in [2.45, 2.75) is 43.8 Å². The van der Waals surface area contributed by atoms with Crippen molar-refractivity contribution in [2.75, 3.05) is 26.3 Å². The average molecular weight is 459 g/mol. The van der Waals surface area contributed by atoms with E-state index in [9.17, 15) is 4.79 Å². The lowest BCUT2D eigenvalue weighted by Gasteiger charge is -2.45. The maximum absolute atomic E-state index is 13.2. The Balaban J connectivity index is 1.45. The third kappa shape index (κ3) is 4.11. The van der Waals surface area contributed by atoms with E-state index in [1.54, 1.807) is 0 Å². The molecule has 3 fully saturated rings. The molecule has 3 aliphatic heterocycles. The number of hydrogen-bond donors (Lipinski definition) is 0. The van der Waals surface area contributed by atoms with Crippen LogP contribution in [0.15, 0.2) is 48.5 Å². The average Bonchev–Trinajstić information content (AvgIpc) is 3.04.